The summed E-state index contributed by atoms with van der Waals surface area (Å²) in [4.78, 5) is 30.0. The zero-order chi connectivity index (χ0) is 13.0. The van der Waals surface area contributed by atoms with E-state index in [2.05, 4.69) is 15.3 Å². The van der Waals surface area contributed by atoms with Crippen molar-refractivity contribution in [3.05, 3.63) is 39.0 Å². The Kier molecular flexibility index (Phi) is 3.93. The Hall–Kier alpha value is -1.89. The molecule has 0 radical (unpaired) electrons. The second-order valence-electron chi connectivity index (χ2n) is 3.86. The summed E-state index contributed by atoms with van der Waals surface area (Å²) in [5, 5.41) is 4.51. The Bertz CT molecular complexity index is 570. The molecule has 0 unspecified atom stereocenters. The Morgan fingerprint density at radius 3 is 3.06 bits per heavy atom. The number of carbonyl (C=O) groups excluding carboxylic acids is 1. The number of imidazole rings is 1. The molecule has 6 nitrogen and oxygen atoms in total. The van der Waals surface area contributed by atoms with Gasteiger partial charge in [-0.1, -0.05) is 11.3 Å². The molecule has 2 heterocycles. The number of carbonyl (C=O) groups is 1. The van der Waals surface area contributed by atoms with Crippen LogP contribution in [0, 0.1) is 6.92 Å². The lowest BCUT2D eigenvalue weighted by molar-refractivity contribution is -0.121. The van der Waals surface area contributed by atoms with E-state index in [0.29, 0.717) is 13.0 Å². The zero-order valence-corrected chi connectivity index (χ0v) is 10.8. The van der Waals surface area contributed by atoms with Gasteiger partial charge in [0.15, 0.2) is 0 Å². The van der Waals surface area contributed by atoms with Crippen molar-refractivity contribution in [2.24, 2.45) is 0 Å². The van der Waals surface area contributed by atoms with Crippen molar-refractivity contribution in [2.45, 2.75) is 19.9 Å². The average molecular weight is 266 g/mol. The Morgan fingerprint density at radius 2 is 2.44 bits per heavy atom. The number of hydrogen-bond acceptors (Lipinski definition) is 4. The summed E-state index contributed by atoms with van der Waals surface area (Å²) in [6, 6.07) is 0. The first-order valence-corrected chi connectivity index (χ1v) is 6.44. The van der Waals surface area contributed by atoms with Crippen molar-refractivity contribution >= 4 is 17.2 Å². The maximum absolute atomic E-state index is 11.6. The van der Waals surface area contributed by atoms with E-state index in [1.165, 1.54) is 4.57 Å². The number of amides is 1. The molecule has 7 heteroatoms. The fraction of sp³-hybridized carbons (Fsp3) is 0.364. The van der Waals surface area contributed by atoms with Gasteiger partial charge < -0.3 is 10.3 Å². The Balaban J connectivity index is 1.81. The molecule has 0 aromatic carbocycles. The summed E-state index contributed by atoms with van der Waals surface area (Å²) in [5.41, 5.74) is 0.811. The molecule has 96 valence electrons. The molecule has 2 aromatic rings. The highest BCUT2D eigenvalue weighted by molar-refractivity contribution is 7.07. The molecule has 1 amide bonds. The van der Waals surface area contributed by atoms with Crippen molar-refractivity contribution in [3.8, 4) is 0 Å². The molecule has 2 rings (SSSR count). The first-order valence-electron chi connectivity index (χ1n) is 5.56. The van der Waals surface area contributed by atoms with Crippen LogP contribution in [0.3, 0.4) is 0 Å². The highest BCUT2D eigenvalue weighted by Crippen LogP contribution is 1.98. The molecule has 0 saturated heterocycles. The second kappa shape index (κ2) is 5.63. The Morgan fingerprint density at radius 1 is 1.61 bits per heavy atom. The van der Waals surface area contributed by atoms with Crippen LogP contribution < -0.4 is 10.2 Å². The number of aromatic nitrogens is 3. The summed E-state index contributed by atoms with van der Waals surface area (Å²) in [5.74, 6) is 0.671. The molecule has 2 aromatic heterocycles. The molecule has 0 aliphatic carbocycles. The van der Waals surface area contributed by atoms with Crippen LogP contribution >= 0.6 is 11.3 Å². The first kappa shape index (κ1) is 12.6. The molecule has 0 atom stereocenters. The summed E-state index contributed by atoms with van der Waals surface area (Å²) >= 11 is 1.11. The van der Waals surface area contributed by atoms with Gasteiger partial charge in [-0.25, -0.2) is 4.98 Å². The lowest BCUT2D eigenvalue weighted by Crippen LogP contribution is -2.32. The molecule has 0 saturated carbocycles. The van der Waals surface area contributed by atoms with E-state index < -0.39 is 0 Å². The number of aryl methyl sites for hydroxylation is 1. The van der Waals surface area contributed by atoms with Gasteiger partial charge >= 0.3 is 4.87 Å². The maximum atomic E-state index is 11.6. The average Bonchev–Trinajstić information content (AvgIpc) is 2.94. The van der Waals surface area contributed by atoms with Crippen LogP contribution in [-0.2, 0) is 17.8 Å². The molecule has 0 fully saturated rings. The van der Waals surface area contributed by atoms with Crippen molar-refractivity contribution in [1.82, 2.24) is 19.9 Å². The number of hydrogen-bond donors (Lipinski definition) is 2. The van der Waals surface area contributed by atoms with Gasteiger partial charge in [0.25, 0.3) is 0 Å². The third-order valence-corrected chi connectivity index (χ3v) is 3.40. The third-order valence-electron chi connectivity index (χ3n) is 2.52. The largest absolute Gasteiger partial charge is 0.354 e. The van der Waals surface area contributed by atoms with Gasteiger partial charge in [-0.2, -0.15) is 0 Å². The third kappa shape index (κ3) is 3.07. The van der Waals surface area contributed by atoms with Crippen LogP contribution in [0.4, 0.5) is 0 Å². The first-order chi connectivity index (χ1) is 8.66. The highest BCUT2D eigenvalue weighted by Gasteiger charge is 2.07. The highest BCUT2D eigenvalue weighted by atomic mass is 32.1. The SMILES string of the molecule is Cc1csc(=O)n1CC(=O)NCCc1ncc[nH]1. The van der Waals surface area contributed by atoms with E-state index >= 15 is 0 Å². The minimum Gasteiger partial charge on any atom is -0.354 e. The van der Waals surface area contributed by atoms with Crippen LogP contribution in [0.5, 0.6) is 0 Å². The van der Waals surface area contributed by atoms with Gasteiger partial charge in [0.05, 0.1) is 0 Å². The molecular weight excluding hydrogens is 252 g/mol. The molecule has 18 heavy (non-hydrogen) atoms. The standard InChI is InChI=1S/C11H14N4O2S/c1-8-7-18-11(17)15(8)6-10(16)14-3-2-9-12-4-5-13-9/h4-5,7H,2-3,6H2,1H3,(H,12,13)(H,14,16). The number of aromatic amines is 1. The number of nitrogens with zero attached hydrogens (tertiary/aromatic N) is 2. The van der Waals surface area contributed by atoms with E-state index in [4.69, 9.17) is 0 Å². The molecule has 2 N–H and O–H groups in total. The van der Waals surface area contributed by atoms with E-state index in [-0.39, 0.29) is 17.3 Å². The van der Waals surface area contributed by atoms with Crippen LogP contribution in [0.25, 0.3) is 0 Å². The summed E-state index contributed by atoms with van der Waals surface area (Å²) in [6.45, 7) is 2.39. The number of rotatable bonds is 5. The summed E-state index contributed by atoms with van der Waals surface area (Å²) < 4.78 is 1.47. The van der Waals surface area contributed by atoms with E-state index in [1.807, 2.05) is 6.92 Å². The normalized spacial score (nSPS) is 10.5. The minimum atomic E-state index is -0.162. The van der Waals surface area contributed by atoms with Gasteiger partial charge in [-0.3, -0.25) is 14.2 Å². The van der Waals surface area contributed by atoms with Crippen molar-refractivity contribution in [2.75, 3.05) is 6.54 Å². The molecular formula is C11H14N4O2S. The van der Waals surface area contributed by atoms with Gasteiger partial charge in [0.2, 0.25) is 5.91 Å². The van der Waals surface area contributed by atoms with E-state index in [1.54, 1.807) is 17.8 Å². The minimum absolute atomic E-state index is 0.0757. The van der Waals surface area contributed by atoms with Crippen molar-refractivity contribution < 1.29 is 4.79 Å². The lowest BCUT2D eigenvalue weighted by atomic mass is 10.4. The van der Waals surface area contributed by atoms with Gasteiger partial charge in [0, 0.05) is 36.4 Å². The van der Waals surface area contributed by atoms with Gasteiger partial charge in [0.1, 0.15) is 12.4 Å². The quantitative estimate of drug-likeness (QED) is 0.817. The zero-order valence-electron chi connectivity index (χ0n) is 9.97. The van der Waals surface area contributed by atoms with Crippen molar-refractivity contribution in [3.63, 3.8) is 0 Å². The number of H-pyrrole nitrogens is 1. The monoisotopic (exact) mass is 266 g/mol. The fourth-order valence-electron chi connectivity index (χ4n) is 1.55. The van der Waals surface area contributed by atoms with Crippen molar-refractivity contribution in [1.29, 1.82) is 0 Å². The van der Waals surface area contributed by atoms with E-state index in [0.717, 1.165) is 22.9 Å². The van der Waals surface area contributed by atoms with Crippen LogP contribution in [0.15, 0.2) is 22.6 Å². The van der Waals surface area contributed by atoms with E-state index in [9.17, 15) is 9.59 Å². The Labute approximate surface area is 108 Å². The van der Waals surface area contributed by atoms with Crippen LogP contribution in [-0.4, -0.2) is 27.0 Å². The molecule has 0 bridgehead atoms. The topological polar surface area (TPSA) is 79.8 Å². The molecule has 0 spiro atoms. The van der Waals surface area contributed by atoms with Gasteiger partial charge in [-0.05, 0) is 6.92 Å². The lowest BCUT2D eigenvalue weighted by Gasteiger charge is -2.05. The molecule has 0 aliphatic heterocycles. The molecule has 0 aliphatic rings. The second-order valence-corrected chi connectivity index (χ2v) is 4.69. The van der Waals surface area contributed by atoms with Crippen LogP contribution in [0.1, 0.15) is 11.5 Å². The number of nitrogens with one attached hydrogen (secondary N) is 2. The smallest absolute Gasteiger partial charge is 0.307 e. The van der Waals surface area contributed by atoms with Gasteiger partial charge in [-0.15, -0.1) is 0 Å². The maximum Gasteiger partial charge on any atom is 0.307 e. The fourth-order valence-corrected chi connectivity index (χ4v) is 2.29. The number of thiazole rings is 1. The van der Waals surface area contributed by atoms with Crippen LogP contribution in [0.2, 0.25) is 0 Å². The predicted octanol–water partition coefficient (Wildman–Crippen LogP) is 0.300. The summed E-state index contributed by atoms with van der Waals surface area (Å²) in [7, 11) is 0. The predicted molar refractivity (Wildman–Crippen MR) is 68.6 cm³/mol. The summed E-state index contributed by atoms with van der Waals surface area (Å²) in [6.07, 6.45) is 4.06.